The van der Waals surface area contributed by atoms with Gasteiger partial charge in [0.2, 0.25) is 0 Å². The van der Waals surface area contributed by atoms with Crippen LogP contribution in [0.5, 0.6) is 5.75 Å². The molecule has 3 rings (SSSR count). The van der Waals surface area contributed by atoms with Gasteiger partial charge >= 0.3 is 0 Å². The summed E-state index contributed by atoms with van der Waals surface area (Å²) in [6.07, 6.45) is 0. The Labute approximate surface area is 150 Å². The second-order valence-corrected chi connectivity index (χ2v) is 7.53. The van der Waals surface area contributed by atoms with Crippen molar-refractivity contribution < 1.29 is 5.11 Å². The molecule has 1 N–H and O–H groups in total. The van der Waals surface area contributed by atoms with Gasteiger partial charge in [-0.15, -0.1) is 15.0 Å². The number of nitrogens with zero attached hydrogens (tertiary/aromatic N) is 3. The zero-order chi connectivity index (χ0) is 13.6. The Morgan fingerprint density at radius 2 is 1.63 bits per heavy atom. The van der Waals surface area contributed by atoms with Crippen LogP contribution in [0.4, 0.5) is 0 Å². The van der Waals surface area contributed by atoms with Crippen LogP contribution in [0.25, 0.3) is 16.7 Å². The smallest absolute Gasteiger partial charge is 0.156 e. The van der Waals surface area contributed by atoms with Crippen molar-refractivity contribution in [2.75, 3.05) is 0 Å². The molecule has 0 radical (unpaired) electrons. The topological polar surface area (TPSA) is 50.9 Å². The third-order valence-corrected chi connectivity index (χ3v) is 4.68. The number of halogens is 3. The molecule has 19 heavy (non-hydrogen) atoms. The Kier molecular flexibility index (Phi) is 3.86. The zero-order valence-corrected chi connectivity index (χ0v) is 15.8. The highest BCUT2D eigenvalue weighted by atomic mass is 127. The van der Waals surface area contributed by atoms with Crippen LogP contribution in [-0.4, -0.2) is 20.1 Å². The number of phenolic OH excluding ortho intramolecular Hbond substituents is 1. The van der Waals surface area contributed by atoms with Gasteiger partial charge in [0.05, 0.1) is 3.57 Å². The SMILES string of the molecule is Oc1c(I)cc(I)cc1-n1nc2ccc(I)cc2n1. The van der Waals surface area contributed by atoms with Gasteiger partial charge < -0.3 is 5.11 Å². The molecule has 0 saturated carbocycles. The van der Waals surface area contributed by atoms with Gasteiger partial charge in [-0.3, -0.25) is 0 Å². The fraction of sp³-hybridized carbons (Fsp3) is 0. The monoisotopic (exact) mass is 589 g/mol. The molecule has 1 heterocycles. The van der Waals surface area contributed by atoms with Crippen molar-refractivity contribution in [3.63, 3.8) is 0 Å². The molecule has 0 atom stereocenters. The lowest BCUT2D eigenvalue weighted by Gasteiger charge is -2.05. The van der Waals surface area contributed by atoms with E-state index in [9.17, 15) is 5.11 Å². The quantitative estimate of drug-likeness (QED) is 0.439. The molecule has 3 aromatic rings. The Morgan fingerprint density at radius 1 is 0.895 bits per heavy atom. The minimum absolute atomic E-state index is 0.205. The van der Waals surface area contributed by atoms with Gasteiger partial charge in [0.1, 0.15) is 16.7 Å². The second kappa shape index (κ2) is 5.31. The average Bonchev–Trinajstić information content (AvgIpc) is 2.76. The summed E-state index contributed by atoms with van der Waals surface area (Å²) in [6, 6.07) is 9.65. The number of hydrogen-bond donors (Lipinski definition) is 1. The molecule has 0 aliphatic heterocycles. The molecule has 0 saturated heterocycles. The van der Waals surface area contributed by atoms with Gasteiger partial charge in [0.25, 0.3) is 0 Å². The number of hydrogen-bond acceptors (Lipinski definition) is 3. The van der Waals surface area contributed by atoms with E-state index >= 15 is 0 Å². The van der Waals surface area contributed by atoms with E-state index in [1.807, 2.05) is 30.3 Å². The average molecular weight is 589 g/mol. The number of benzene rings is 2. The van der Waals surface area contributed by atoms with E-state index < -0.39 is 0 Å². The summed E-state index contributed by atoms with van der Waals surface area (Å²) in [4.78, 5) is 1.49. The number of phenols is 1. The predicted molar refractivity (Wildman–Crippen MR) is 98.7 cm³/mol. The third-order valence-electron chi connectivity index (χ3n) is 2.57. The van der Waals surface area contributed by atoms with E-state index in [0.29, 0.717) is 5.69 Å². The molecule has 0 aliphatic rings. The lowest BCUT2D eigenvalue weighted by molar-refractivity contribution is 0.464. The summed E-state index contributed by atoms with van der Waals surface area (Å²) >= 11 is 6.55. The molecule has 0 aliphatic carbocycles. The van der Waals surface area contributed by atoms with E-state index in [1.165, 1.54) is 4.80 Å². The minimum Gasteiger partial charge on any atom is -0.505 e. The molecule has 1 aromatic heterocycles. The molecule has 0 spiro atoms. The third kappa shape index (κ3) is 2.68. The first-order valence-corrected chi connectivity index (χ1v) is 8.49. The lowest BCUT2D eigenvalue weighted by atomic mass is 10.3. The van der Waals surface area contributed by atoms with E-state index in [2.05, 4.69) is 78.0 Å². The van der Waals surface area contributed by atoms with Crippen LogP contribution in [0.15, 0.2) is 30.3 Å². The number of aromatic hydroxyl groups is 1. The second-order valence-electron chi connectivity index (χ2n) is 3.88. The molecule has 0 amide bonds. The Bertz CT molecular complexity index is 785. The highest BCUT2D eigenvalue weighted by molar-refractivity contribution is 14.1. The summed E-state index contributed by atoms with van der Waals surface area (Å²) in [5.41, 5.74) is 2.23. The number of aromatic nitrogens is 3. The summed E-state index contributed by atoms with van der Waals surface area (Å²) in [5.74, 6) is 0.205. The van der Waals surface area contributed by atoms with Gasteiger partial charge in [-0.05, 0) is 98.1 Å². The van der Waals surface area contributed by atoms with Crippen molar-refractivity contribution in [2.24, 2.45) is 0 Å². The van der Waals surface area contributed by atoms with Crippen LogP contribution >= 0.6 is 67.8 Å². The van der Waals surface area contributed by atoms with Gasteiger partial charge in [-0.1, -0.05) is 0 Å². The van der Waals surface area contributed by atoms with E-state index in [0.717, 1.165) is 21.7 Å². The fourth-order valence-electron chi connectivity index (χ4n) is 1.70. The maximum absolute atomic E-state index is 10.1. The minimum atomic E-state index is 0.205. The van der Waals surface area contributed by atoms with Crippen LogP contribution in [0.3, 0.4) is 0 Å². The van der Waals surface area contributed by atoms with E-state index in [1.54, 1.807) is 0 Å². The molecular formula is C12H6I3N3O. The van der Waals surface area contributed by atoms with Crippen molar-refractivity contribution in [3.8, 4) is 11.4 Å². The normalized spacial score (nSPS) is 11.1. The first kappa shape index (κ1) is 13.8. The van der Waals surface area contributed by atoms with Crippen molar-refractivity contribution in [3.05, 3.63) is 41.0 Å². The van der Waals surface area contributed by atoms with Crippen LogP contribution in [0, 0.1) is 10.7 Å². The number of rotatable bonds is 1. The summed E-state index contributed by atoms with van der Waals surface area (Å²) in [5, 5.41) is 19.0. The van der Waals surface area contributed by atoms with E-state index in [-0.39, 0.29) is 5.75 Å². The van der Waals surface area contributed by atoms with Crippen molar-refractivity contribution >= 4 is 78.8 Å². The molecule has 7 heteroatoms. The highest BCUT2D eigenvalue weighted by Crippen LogP contribution is 2.29. The summed E-state index contributed by atoms with van der Waals surface area (Å²) in [7, 11) is 0. The van der Waals surface area contributed by atoms with Gasteiger partial charge in [-0.2, -0.15) is 0 Å². The Morgan fingerprint density at radius 3 is 2.42 bits per heavy atom. The molecule has 0 bridgehead atoms. The first-order chi connectivity index (χ1) is 9.04. The maximum Gasteiger partial charge on any atom is 0.156 e. The van der Waals surface area contributed by atoms with Gasteiger partial charge in [0.15, 0.2) is 5.75 Å². The van der Waals surface area contributed by atoms with Gasteiger partial charge in [-0.25, -0.2) is 0 Å². The molecular weight excluding hydrogens is 583 g/mol. The van der Waals surface area contributed by atoms with Crippen LogP contribution in [-0.2, 0) is 0 Å². The van der Waals surface area contributed by atoms with Crippen molar-refractivity contribution in [2.45, 2.75) is 0 Å². The first-order valence-electron chi connectivity index (χ1n) is 5.25. The molecule has 2 aromatic carbocycles. The Balaban J connectivity index is 2.24. The maximum atomic E-state index is 10.1. The zero-order valence-electron chi connectivity index (χ0n) is 9.31. The van der Waals surface area contributed by atoms with E-state index in [4.69, 9.17) is 0 Å². The summed E-state index contributed by atoms with van der Waals surface area (Å²) in [6.45, 7) is 0. The Hall–Kier alpha value is -0.170. The van der Waals surface area contributed by atoms with Crippen LogP contribution in [0.1, 0.15) is 0 Å². The molecule has 0 fully saturated rings. The fourth-order valence-corrected chi connectivity index (χ4v) is 3.99. The van der Waals surface area contributed by atoms with Crippen LogP contribution in [0.2, 0.25) is 0 Å². The highest BCUT2D eigenvalue weighted by Gasteiger charge is 2.12. The van der Waals surface area contributed by atoms with Crippen molar-refractivity contribution in [1.82, 2.24) is 15.0 Å². The standard InChI is InChI=1S/C12H6I3N3O/c13-6-1-2-9-10(4-6)17-18(16-9)11-5-7(14)3-8(15)12(11)19/h1-5,19H. The van der Waals surface area contributed by atoms with Crippen LogP contribution < -0.4 is 0 Å². The largest absolute Gasteiger partial charge is 0.505 e. The predicted octanol–water partition coefficient (Wildman–Crippen LogP) is 3.94. The van der Waals surface area contributed by atoms with Gasteiger partial charge in [0, 0.05) is 7.14 Å². The number of fused-ring (bicyclic) bond motifs is 1. The molecule has 0 unspecified atom stereocenters. The lowest BCUT2D eigenvalue weighted by Crippen LogP contribution is -2.00. The van der Waals surface area contributed by atoms with Crippen molar-refractivity contribution in [1.29, 1.82) is 0 Å². The molecule has 4 nitrogen and oxygen atoms in total. The molecule has 96 valence electrons. The summed E-state index contributed by atoms with van der Waals surface area (Å²) < 4.78 is 2.93.